The molecule has 0 saturated heterocycles. The third-order valence-electron chi connectivity index (χ3n) is 3.23. The van der Waals surface area contributed by atoms with E-state index in [4.69, 9.17) is 11.6 Å². The summed E-state index contributed by atoms with van der Waals surface area (Å²) in [6.07, 6.45) is -4.57. The molecule has 2 nitrogen and oxygen atoms in total. The monoisotopic (exact) mass is 328 g/mol. The number of ether oxygens (including phenoxy) is 1. The molecule has 0 unspecified atom stereocenters. The largest absolute Gasteiger partial charge is 0.465 e. The highest BCUT2D eigenvalue weighted by molar-refractivity contribution is 6.31. The molecule has 2 aromatic carbocycles. The van der Waals surface area contributed by atoms with E-state index in [1.165, 1.54) is 43.5 Å². The van der Waals surface area contributed by atoms with Crippen molar-refractivity contribution in [3.05, 3.63) is 58.1 Å². The summed E-state index contributed by atoms with van der Waals surface area (Å²) in [5, 5.41) is -0.360. The summed E-state index contributed by atoms with van der Waals surface area (Å²) < 4.78 is 44.3. The third kappa shape index (κ3) is 3.09. The topological polar surface area (TPSA) is 26.3 Å². The quantitative estimate of drug-likeness (QED) is 0.715. The molecule has 0 amide bonds. The molecule has 0 bridgehead atoms. The number of halogens is 4. The van der Waals surface area contributed by atoms with Crippen molar-refractivity contribution in [3.63, 3.8) is 0 Å². The first-order valence-corrected chi connectivity index (χ1v) is 6.68. The van der Waals surface area contributed by atoms with Crippen LogP contribution in [0.3, 0.4) is 0 Å². The van der Waals surface area contributed by atoms with Crippen molar-refractivity contribution < 1.29 is 22.7 Å². The van der Waals surface area contributed by atoms with E-state index < -0.39 is 17.7 Å². The molecule has 0 aliphatic carbocycles. The highest BCUT2D eigenvalue weighted by Gasteiger charge is 2.36. The molecule has 6 heteroatoms. The van der Waals surface area contributed by atoms with Crippen LogP contribution in [0.5, 0.6) is 0 Å². The maximum Gasteiger partial charge on any atom is 0.418 e. The molecule has 0 aliphatic rings. The third-order valence-corrected chi connectivity index (χ3v) is 3.55. The van der Waals surface area contributed by atoms with Crippen LogP contribution in [0.1, 0.15) is 21.5 Å². The van der Waals surface area contributed by atoms with Gasteiger partial charge in [-0.1, -0.05) is 29.8 Å². The molecule has 0 heterocycles. The zero-order valence-corrected chi connectivity index (χ0v) is 12.5. The second-order valence-electron chi connectivity index (χ2n) is 4.68. The number of methoxy groups -OCH3 is 1. The standard InChI is InChI=1S/C16H12ClF3O2/c1-9-8-10(15(21)22-2)6-7-11(9)12-4-3-5-13(17)14(12)16(18,19)20/h3-8H,1-2H3. The van der Waals surface area contributed by atoms with E-state index in [9.17, 15) is 18.0 Å². The number of esters is 1. The summed E-state index contributed by atoms with van der Waals surface area (Å²) in [5.74, 6) is -0.545. The second kappa shape index (κ2) is 6.01. The molecule has 0 spiro atoms. The van der Waals surface area contributed by atoms with Gasteiger partial charge in [-0.2, -0.15) is 13.2 Å². The molecular formula is C16H12ClF3O2. The first kappa shape index (κ1) is 16.4. The molecular weight excluding hydrogens is 317 g/mol. The lowest BCUT2D eigenvalue weighted by molar-refractivity contribution is -0.137. The molecule has 0 saturated carbocycles. The summed E-state index contributed by atoms with van der Waals surface area (Å²) in [5.41, 5.74) is 0.261. The van der Waals surface area contributed by atoms with Crippen molar-refractivity contribution in [2.24, 2.45) is 0 Å². The first-order valence-electron chi connectivity index (χ1n) is 6.30. The minimum absolute atomic E-state index is 0.0195. The van der Waals surface area contributed by atoms with Crippen LogP contribution in [0.2, 0.25) is 5.02 Å². The van der Waals surface area contributed by atoms with Crippen LogP contribution in [0.4, 0.5) is 13.2 Å². The Balaban J connectivity index is 2.63. The SMILES string of the molecule is COC(=O)c1ccc(-c2cccc(Cl)c2C(F)(F)F)c(C)c1. The average molecular weight is 329 g/mol. The Kier molecular flexibility index (Phi) is 4.47. The summed E-state index contributed by atoms with van der Waals surface area (Å²) in [4.78, 5) is 11.5. The summed E-state index contributed by atoms with van der Waals surface area (Å²) in [7, 11) is 1.24. The van der Waals surface area contributed by atoms with Crippen molar-refractivity contribution in [2.45, 2.75) is 13.1 Å². The van der Waals surface area contributed by atoms with Crippen LogP contribution < -0.4 is 0 Å². The number of rotatable bonds is 2. The fourth-order valence-corrected chi connectivity index (χ4v) is 2.53. The van der Waals surface area contributed by atoms with E-state index in [-0.39, 0.29) is 16.1 Å². The van der Waals surface area contributed by atoms with Gasteiger partial charge in [0.05, 0.1) is 23.3 Å². The van der Waals surface area contributed by atoms with E-state index in [2.05, 4.69) is 4.74 Å². The molecule has 0 N–H and O–H groups in total. The maximum absolute atomic E-state index is 13.2. The Bertz CT molecular complexity index is 724. The molecule has 2 aromatic rings. The minimum Gasteiger partial charge on any atom is -0.465 e. The van der Waals surface area contributed by atoms with Crippen molar-refractivity contribution in [1.82, 2.24) is 0 Å². The van der Waals surface area contributed by atoms with Crippen LogP contribution in [-0.4, -0.2) is 13.1 Å². The van der Waals surface area contributed by atoms with Crippen LogP contribution in [0.25, 0.3) is 11.1 Å². The fourth-order valence-electron chi connectivity index (χ4n) is 2.25. The Morgan fingerprint density at radius 3 is 2.36 bits per heavy atom. The van der Waals surface area contributed by atoms with Crippen LogP contribution in [0.15, 0.2) is 36.4 Å². The van der Waals surface area contributed by atoms with Crippen LogP contribution in [0, 0.1) is 6.92 Å². The predicted octanol–water partition coefficient (Wildman–Crippen LogP) is 5.12. The smallest absolute Gasteiger partial charge is 0.418 e. The summed E-state index contributed by atoms with van der Waals surface area (Å²) in [6, 6.07) is 8.39. The zero-order valence-electron chi connectivity index (χ0n) is 11.8. The van der Waals surface area contributed by atoms with E-state index in [0.29, 0.717) is 11.1 Å². The van der Waals surface area contributed by atoms with Gasteiger partial charge in [-0.05, 0) is 41.8 Å². The van der Waals surface area contributed by atoms with Gasteiger partial charge in [-0.3, -0.25) is 0 Å². The molecule has 22 heavy (non-hydrogen) atoms. The maximum atomic E-state index is 13.2. The molecule has 0 atom stereocenters. The first-order chi connectivity index (χ1) is 10.3. The van der Waals surface area contributed by atoms with E-state index in [1.807, 2.05) is 0 Å². The lowest BCUT2D eigenvalue weighted by atomic mass is 9.94. The number of carbonyl (C=O) groups excluding carboxylic acids is 1. The lowest BCUT2D eigenvalue weighted by Crippen LogP contribution is -2.09. The molecule has 0 radical (unpaired) electrons. The Morgan fingerprint density at radius 1 is 1.14 bits per heavy atom. The molecule has 0 aromatic heterocycles. The van der Waals surface area contributed by atoms with E-state index in [1.54, 1.807) is 6.92 Å². The molecule has 0 aliphatic heterocycles. The van der Waals surface area contributed by atoms with Gasteiger partial charge in [0.1, 0.15) is 0 Å². The number of aryl methyl sites for hydroxylation is 1. The number of hydrogen-bond donors (Lipinski definition) is 0. The molecule has 116 valence electrons. The second-order valence-corrected chi connectivity index (χ2v) is 5.09. The minimum atomic E-state index is -4.57. The highest BCUT2D eigenvalue weighted by Crippen LogP contribution is 2.42. The molecule has 2 rings (SSSR count). The van der Waals surface area contributed by atoms with Gasteiger partial charge < -0.3 is 4.74 Å². The van der Waals surface area contributed by atoms with Crippen LogP contribution >= 0.6 is 11.6 Å². The normalized spacial score (nSPS) is 11.4. The lowest BCUT2D eigenvalue weighted by Gasteiger charge is -2.16. The van der Waals surface area contributed by atoms with Gasteiger partial charge >= 0.3 is 12.1 Å². The van der Waals surface area contributed by atoms with Crippen molar-refractivity contribution in [2.75, 3.05) is 7.11 Å². The zero-order chi connectivity index (χ0) is 16.5. The van der Waals surface area contributed by atoms with Crippen molar-refractivity contribution >= 4 is 17.6 Å². The number of carbonyl (C=O) groups is 1. The Labute approximate surface area is 130 Å². The van der Waals surface area contributed by atoms with Crippen molar-refractivity contribution in [3.8, 4) is 11.1 Å². The fraction of sp³-hybridized carbons (Fsp3) is 0.188. The predicted molar refractivity (Wildman–Crippen MR) is 78.0 cm³/mol. The van der Waals surface area contributed by atoms with Gasteiger partial charge in [-0.25, -0.2) is 4.79 Å². The van der Waals surface area contributed by atoms with Gasteiger partial charge in [0.25, 0.3) is 0 Å². The van der Waals surface area contributed by atoms with Gasteiger partial charge in [0.15, 0.2) is 0 Å². The number of benzene rings is 2. The number of alkyl halides is 3. The van der Waals surface area contributed by atoms with E-state index >= 15 is 0 Å². The van der Waals surface area contributed by atoms with Crippen molar-refractivity contribution in [1.29, 1.82) is 0 Å². The van der Waals surface area contributed by atoms with Crippen LogP contribution in [-0.2, 0) is 10.9 Å². The van der Waals surface area contributed by atoms with E-state index in [0.717, 1.165) is 0 Å². The van der Waals surface area contributed by atoms with Gasteiger partial charge in [0.2, 0.25) is 0 Å². The Hall–Kier alpha value is -2.01. The average Bonchev–Trinajstić information content (AvgIpc) is 2.44. The highest BCUT2D eigenvalue weighted by atomic mass is 35.5. The van der Waals surface area contributed by atoms with Gasteiger partial charge in [0, 0.05) is 0 Å². The number of hydrogen-bond acceptors (Lipinski definition) is 2. The molecule has 0 fully saturated rings. The Morgan fingerprint density at radius 2 is 1.82 bits per heavy atom. The van der Waals surface area contributed by atoms with Gasteiger partial charge in [-0.15, -0.1) is 0 Å². The summed E-state index contributed by atoms with van der Waals surface area (Å²) in [6.45, 7) is 1.63. The summed E-state index contributed by atoms with van der Waals surface area (Å²) >= 11 is 5.73.